The lowest BCUT2D eigenvalue weighted by atomic mass is 9.84. The van der Waals surface area contributed by atoms with Crippen LogP contribution in [0.3, 0.4) is 0 Å². The number of hydrogen-bond donors (Lipinski definition) is 1. The minimum absolute atomic E-state index is 0.00408. The van der Waals surface area contributed by atoms with E-state index < -0.39 is 10.0 Å². The third-order valence-corrected chi connectivity index (χ3v) is 9.06. The van der Waals surface area contributed by atoms with Crippen molar-refractivity contribution in [3.8, 4) is 0 Å². The second-order valence-electron chi connectivity index (χ2n) is 10.8. The van der Waals surface area contributed by atoms with E-state index in [0.29, 0.717) is 30.9 Å². The number of pyridine rings is 1. The Bertz CT molecular complexity index is 1450. The van der Waals surface area contributed by atoms with Crippen molar-refractivity contribution in [3.05, 3.63) is 93.9 Å². The fourth-order valence-electron chi connectivity index (χ4n) is 5.23. The first-order valence-electron chi connectivity index (χ1n) is 12.2. The van der Waals surface area contributed by atoms with Gasteiger partial charge in [0, 0.05) is 48.6 Å². The van der Waals surface area contributed by atoms with E-state index in [1.54, 1.807) is 41.0 Å². The summed E-state index contributed by atoms with van der Waals surface area (Å²) in [5.74, 6) is -0.136. The Morgan fingerprint density at radius 1 is 0.917 bits per heavy atom. The number of sulfonamides is 1. The summed E-state index contributed by atoms with van der Waals surface area (Å²) in [6, 6.07) is 19.0. The highest BCUT2D eigenvalue weighted by atomic mass is 32.2. The van der Waals surface area contributed by atoms with Crippen LogP contribution in [0.5, 0.6) is 0 Å². The lowest BCUT2D eigenvalue weighted by Crippen LogP contribution is -2.48. The van der Waals surface area contributed by atoms with Crippen LogP contribution in [-0.4, -0.2) is 36.3 Å². The SMILES string of the molecule is CC(C)(C)c1ccc(C(=O)Nc2ccc(S(=O)(=O)N3C[C@@H]4C[C@@H](C3)c3cccc(=O)n3C4)cc2)cc1. The molecule has 1 fully saturated rings. The number of benzene rings is 2. The molecule has 3 heterocycles. The van der Waals surface area contributed by atoms with Crippen LogP contribution in [0.25, 0.3) is 0 Å². The Balaban J connectivity index is 1.29. The Morgan fingerprint density at radius 2 is 1.61 bits per heavy atom. The average Bonchev–Trinajstić information content (AvgIpc) is 2.84. The zero-order valence-corrected chi connectivity index (χ0v) is 21.6. The van der Waals surface area contributed by atoms with E-state index in [-0.39, 0.29) is 33.6 Å². The molecule has 1 amide bonds. The highest BCUT2D eigenvalue weighted by Gasteiger charge is 2.39. The molecule has 3 aromatic rings. The number of amides is 1. The maximum atomic E-state index is 13.4. The molecule has 0 spiro atoms. The average molecular weight is 506 g/mol. The Hall–Kier alpha value is -3.23. The molecular formula is C28H31N3O4S. The number of carbonyl (C=O) groups is 1. The molecule has 2 aliphatic rings. The van der Waals surface area contributed by atoms with Gasteiger partial charge in [-0.15, -0.1) is 0 Å². The number of anilines is 1. The summed E-state index contributed by atoms with van der Waals surface area (Å²) in [5, 5.41) is 2.84. The van der Waals surface area contributed by atoms with Gasteiger partial charge < -0.3 is 9.88 Å². The molecule has 1 aromatic heterocycles. The highest BCUT2D eigenvalue weighted by Crippen LogP contribution is 2.37. The molecular weight excluding hydrogens is 474 g/mol. The molecule has 0 unspecified atom stereocenters. The van der Waals surface area contributed by atoms with Crippen LogP contribution >= 0.6 is 0 Å². The number of piperidine rings is 1. The smallest absolute Gasteiger partial charge is 0.255 e. The van der Waals surface area contributed by atoms with Crippen LogP contribution in [0.2, 0.25) is 0 Å². The number of hydrogen-bond acceptors (Lipinski definition) is 4. The molecule has 2 aliphatic heterocycles. The Labute approximate surface area is 211 Å². The van der Waals surface area contributed by atoms with Gasteiger partial charge in [0.05, 0.1) is 4.90 Å². The van der Waals surface area contributed by atoms with Crippen molar-refractivity contribution in [1.29, 1.82) is 0 Å². The van der Waals surface area contributed by atoms with Crippen molar-refractivity contribution in [1.82, 2.24) is 8.87 Å². The van der Waals surface area contributed by atoms with E-state index >= 15 is 0 Å². The maximum absolute atomic E-state index is 13.4. The quantitative estimate of drug-likeness (QED) is 0.576. The Kier molecular flexibility index (Phi) is 6.12. The molecule has 7 nitrogen and oxygen atoms in total. The minimum atomic E-state index is -3.70. The normalized spacial score (nSPS) is 20.0. The number of nitrogens with one attached hydrogen (secondary N) is 1. The van der Waals surface area contributed by atoms with E-state index in [1.807, 2.05) is 18.2 Å². The molecule has 0 aliphatic carbocycles. The predicted octanol–water partition coefficient (Wildman–Crippen LogP) is 4.21. The third-order valence-electron chi connectivity index (χ3n) is 7.21. The molecule has 5 rings (SSSR count). The summed E-state index contributed by atoms with van der Waals surface area (Å²) >= 11 is 0. The van der Waals surface area contributed by atoms with Gasteiger partial charge in [-0.05, 0) is 65.8 Å². The van der Waals surface area contributed by atoms with Gasteiger partial charge >= 0.3 is 0 Å². The van der Waals surface area contributed by atoms with Crippen LogP contribution in [-0.2, 0) is 22.0 Å². The number of fused-ring (bicyclic) bond motifs is 4. The van der Waals surface area contributed by atoms with Gasteiger partial charge in [0.25, 0.3) is 11.5 Å². The van der Waals surface area contributed by atoms with Crippen molar-refractivity contribution in [2.75, 3.05) is 18.4 Å². The number of carbonyl (C=O) groups excluding carboxylic acids is 1. The first-order valence-corrected chi connectivity index (χ1v) is 13.7. The van der Waals surface area contributed by atoms with Crippen molar-refractivity contribution in [3.63, 3.8) is 0 Å². The summed E-state index contributed by atoms with van der Waals surface area (Å²) in [7, 11) is -3.70. The van der Waals surface area contributed by atoms with Crippen LogP contribution in [0.15, 0.2) is 76.4 Å². The van der Waals surface area contributed by atoms with Crippen LogP contribution in [0, 0.1) is 5.92 Å². The van der Waals surface area contributed by atoms with E-state index in [4.69, 9.17) is 0 Å². The number of nitrogens with zero attached hydrogens (tertiary/aromatic N) is 2. The molecule has 0 radical (unpaired) electrons. The third kappa shape index (κ3) is 4.63. The van der Waals surface area contributed by atoms with Crippen molar-refractivity contribution in [2.24, 2.45) is 5.92 Å². The maximum Gasteiger partial charge on any atom is 0.255 e. The monoisotopic (exact) mass is 505 g/mol. The van der Waals surface area contributed by atoms with Gasteiger partial charge in [-0.3, -0.25) is 9.59 Å². The van der Waals surface area contributed by atoms with Gasteiger partial charge in [-0.1, -0.05) is 39.0 Å². The molecule has 2 aromatic carbocycles. The molecule has 2 bridgehead atoms. The Morgan fingerprint density at radius 3 is 2.28 bits per heavy atom. The molecule has 0 saturated carbocycles. The molecule has 8 heteroatoms. The summed E-state index contributed by atoms with van der Waals surface area (Å²) in [5.41, 5.74) is 3.10. The van der Waals surface area contributed by atoms with Crippen LogP contribution in [0.1, 0.15) is 54.7 Å². The fraction of sp³-hybridized carbons (Fsp3) is 0.357. The standard InChI is InChI=1S/C28H31N3O4S/c1-28(2,3)22-9-7-20(8-10-22)27(33)29-23-11-13-24(14-12-23)36(34,35)30-16-19-15-21(18-30)25-5-4-6-26(32)31(25)17-19/h4-14,19,21H,15-18H2,1-3H3,(H,29,33)/t19-,21-/m0/s1. The van der Waals surface area contributed by atoms with E-state index in [0.717, 1.165) is 17.7 Å². The van der Waals surface area contributed by atoms with E-state index in [1.165, 1.54) is 16.4 Å². The topological polar surface area (TPSA) is 88.5 Å². The van der Waals surface area contributed by atoms with Crippen LogP contribution < -0.4 is 10.9 Å². The fourth-order valence-corrected chi connectivity index (χ4v) is 6.79. The highest BCUT2D eigenvalue weighted by molar-refractivity contribution is 7.89. The minimum Gasteiger partial charge on any atom is -0.322 e. The van der Waals surface area contributed by atoms with Gasteiger partial charge in [0.1, 0.15) is 0 Å². The molecule has 188 valence electrons. The summed E-state index contributed by atoms with van der Waals surface area (Å²) < 4.78 is 30.2. The van der Waals surface area contributed by atoms with Gasteiger partial charge in [0.15, 0.2) is 0 Å². The first kappa shape index (κ1) is 24.5. The van der Waals surface area contributed by atoms with Gasteiger partial charge in [-0.25, -0.2) is 8.42 Å². The predicted molar refractivity (Wildman–Crippen MR) is 140 cm³/mol. The van der Waals surface area contributed by atoms with Gasteiger partial charge in [0.2, 0.25) is 10.0 Å². The van der Waals surface area contributed by atoms with E-state index in [9.17, 15) is 18.0 Å². The zero-order chi connectivity index (χ0) is 25.7. The largest absolute Gasteiger partial charge is 0.322 e. The molecule has 36 heavy (non-hydrogen) atoms. The second-order valence-corrected chi connectivity index (χ2v) is 12.8. The number of rotatable bonds is 4. The summed E-state index contributed by atoms with van der Waals surface area (Å²) in [6.07, 6.45) is 0.886. The molecule has 2 atom stereocenters. The number of aromatic nitrogens is 1. The van der Waals surface area contributed by atoms with Crippen LogP contribution in [0.4, 0.5) is 5.69 Å². The summed E-state index contributed by atoms with van der Waals surface area (Å²) in [6.45, 7) is 7.64. The lowest BCUT2D eigenvalue weighted by Gasteiger charge is -2.42. The molecule has 1 saturated heterocycles. The lowest BCUT2D eigenvalue weighted by molar-refractivity contribution is 0.102. The van der Waals surface area contributed by atoms with E-state index in [2.05, 4.69) is 26.1 Å². The first-order chi connectivity index (χ1) is 17.0. The zero-order valence-electron chi connectivity index (χ0n) is 20.8. The van der Waals surface area contributed by atoms with Crippen molar-refractivity contribution >= 4 is 21.6 Å². The van der Waals surface area contributed by atoms with Crippen molar-refractivity contribution in [2.45, 2.75) is 50.0 Å². The molecule has 1 N–H and O–H groups in total. The second kappa shape index (κ2) is 9.01. The summed E-state index contributed by atoms with van der Waals surface area (Å²) in [4.78, 5) is 25.1. The van der Waals surface area contributed by atoms with Crippen molar-refractivity contribution < 1.29 is 13.2 Å². The van der Waals surface area contributed by atoms with Gasteiger partial charge in [-0.2, -0.15) is 4.31 Å².